The van der Waals surface area contributed by atoms with Gasteiger partial charge in [0.1, 0.15) is 0 Å². The molecule has 0 saturated heterocycles. The molecule has 0 aliphatic rings. The minimum Gasteiger partial charge on any atom is -0.490 e. The Hall–Kier alpha value is -3.85. The number of halogens is 1. The second kappa shape index (κ2) is 13.0. The first-order valence-corrected chi connectivity index (χ1v) is 10.8. The summed E-state index contributed by atoms with van der Waals surface area (Å²) in [6, 6.07) is 8.81. The molecule has 180 valence electrons. The highest BCUT2D eigenvalue weighted by molar-refractivity contribution is 6.35. The molecule has 3 N–H and O–H groups in total. The number of nitrogens with one attached hydrogen (secondary N) is 3. The first-order valence-electron chi connectivity index (χ1n) is 10.4. The minimum atomic E-state index is -0.927. The molecule has 0 unspecified atom stereocenters. The molecule has 0 radical (unpaired) electrons. The summed E-state index contributed by atoms with van der Waals surface area (Å²) in [5, 5.41) is 9.07. The maximum Gasteiger partial charge on any atom is 0.329 e. The van der Waals surface area contributed by atoms with Crippen molar-refractivity contribution < 1.29 is 23.9 Å². The van der Waals surface area contributed by atoms with Crippen molar-refractivity contribution in [3.8, 4) is 11.5 Å². The lowest BCUT2D eigenvalue weighted by molar-refractivity contribution is -0.139. The summed E-state index contributed by atoms with van der Waals surface area (Å²) in [6.45, 7) is 9.31. The lowest BCUT2D eigenvalue weighted by atomic mass is 10.1. The van der Waals surface area contributed by atoms with E-state index < -0.39 is 11.8 Å². The average Bonchev–Trinajstić information content (AvgIpc) is 2.79. The molecule has 2 aromatic rings. The van der Waals surface area contributed by atoms with Crippen LogP contribution >= 0.6 is 11.6 Å². The van der Waals surface area contributed by atoms with Gasteiger partial charge in [-0.2, -0.15) is 5.10 Å². The van der Waals surface area contributed by atoms with Crippen LogP contribution < -0.4 is 25.5 Å². The van der Waals surface area contributed by atoms with Crippen molar-refractivity contribution >= 4 is 41.2 Å². The zero-order valence-electron chi connectivity index (χ0n) is 19.2. The van der Waals surface area contributed by atoms with Gasteiger partial charge in [-0.1, -0.05) is 35.4 Å². The minimum absolute atomic E-state index is 0.160. The van der Waals surface area contributed by atoms with Crippen molar-refractivity contribution in [1.82, 2.24) is 10.7 Å². The molecule has 0 heterocycles. The molecule has 2 rings (SSSR count). The van der Waals surface area contributed by atoms with Crippen LogP contribution in [0.15, 0.2) is 48.1 Å². The zero-order chi connectivity index (χ0) is 25.1. The van der Waals surface area contributed by atoms with Gasteiger partial charge in [-0.25, -0.2) is 5.43 Å². The summed E-state index contributed by atoms with van der Waals surface area (Å²) >= 11 is 6.35. The van der Waals surface area contributed by atoms with E-state index in [4.69, 9.17) is 21.1 Å². The topological polar surface area (TPSA) is 118 Å². The predicted octanol–water partition coefficient (Wildman–Crippen LogP) is 3.13. The average molecular weight is 487 g/mol. The monoisotopic (exact) mass is 486 g/mol. The SMILES string of the molecule is C=CCNC(=O)C(=O)N/N=C\c1cc(Cl)c(OCC(=O)Nc2ccc(C)cc2C)c(OCC)c1. The van der Waals surface area contributed by atoms with Crippen LogP contribution in [-0.2, 0) is 14.4 Å². The van der Waals surface area contributed by atoms with Gasteiger partial charge in [0.2, 0.25) is 0 Å². The van der Waals surface area contributed by atoms with Crippen molar-refractivity contribution in [2.24, 2.45) is 5.10 Å². The van der Waals surface area contributed by atoms with Gasteiger partial charge < -0.3 is 20.1 Å². The number of hydrogen-bond acceptors (Lipinski definition) is 6. The smallest absolute Gasteiger partial charge is 0.329 e. The Bertz CT molecular complexity index is 1100. The molecule has 0 aliphatic heterocycles. The number of aryl methyl sites for hydroxylation is 2. The quantitative estimate of drug-likeness (QED) is 0.206. The van der Waals surface area contributed by atoms with Gasteiger partial charge in [-0.15, -0.1) is 6.58 Å². The summed E-state index contributed by atoms with van der Waals surface area (Å²) < 4.78 is 11.2. The molecule has 0 aliphatic carbocycles. The molecule has 2 aromatic carbocycles. The molecule has 34 heavy (non-hydrogen) atoms. The molecule has 10 heteroatoms. The Morgan fingerprint density at radius 3 is 2.56 bits per heavy atom. The van der Waals surface area contributed by atoms with E-state index >= 15 is 0 Å². The number of nitrogens with zero attached hydrogens (tertiary/aromatic N) is 1. The fourth-order valence-corrected chi connectivity index (χ4v) is 3.08. The van der Waals surface area contributed by atoms with Gasteiger partial charge in [0.15, 0.2) is 18.1 Å². The summed E-state index contributed by atoms with van der Waals surface area (Å²) in [5.41, 5.74) is 5.32. The van der Waals surface area contributed by atoms with Crippen molar-refractivity contribution in [3.63, 3.8) is 0 Å². The normalized spacial score (nSPS) is 10.5. The standard InChI is InChI=1S/C24H27ClN4O5/c1-5-9-26-23(31)24(32)29-27-13-17-11-18(25)22(20(12-17)33-6-2)34-14-21(30)28-19-8-7-15(3)10-16(19)4/h5,7-8,10-13H,1,6,9,14H2,2-4H3,(H,26,31)(H,28,30)(H,29,32)/b27-13-. The van der Waals surface area contributed by atoms with E-state index in [1.807, 2.05) is 32.0 Å². The van der Waals surface area contributed by atoms with Crippen molar-refractivity contribution in [3.05, 3.63) is 64.7 Å². The summed E-state index contributed by atoms with van der Waals surface area (Å²) in [5.74, 6) is -1.62. The molecule has 0 atom stereocenters. The van der Waals surface area contributed by atoms with Gasteiger partial charge in [0.25, 0.3) is 5.91 Å². The highest BCUT2D eigenvalue weighted by atomic mass is 35.5. The molecule has 3 amide bonds. The van der Waals surface area contributed by atoms with Crippen LogP contribution in [-0.4, -0.2) is 43.7 Å². The summed E-state index contributed by atoms with van der Waals surface area (Å²) in [4.78, 5) is 35.6. The maximum atomic E-state index is 12.4. The first kappa shape index (κ1) is 26.4. The number of benzene rings is 2. The van der Waals surface area contributed by atoms with Gasteiger partial charge >= 0.3 is 11.8 Å². The van der Waals surface area contributed by atoms with Gasteiger partial charge in [0, 0.05) is 12.2 Å². The van der Waals surface area contributed by atoms with Gasteiger partial charge in [0.05, 0.1) is 17.8 Å². The number of hydrazone groups is 1. The van der Waals surface area contributed by atoms with Crippen molar-refractivity contribution in [1.29, 1.82) is 0 Å². The van der Waals surface area contributed by atoms with E-state index in [1.54, 1.807) is 13.0 Å². The Morgan fingerprint density at radius 1 is 1.12 bits per heavy atom. The van der Waals surface area contributed by atoms with Crippen molar-refractivity contribution in [2.45, 2.75) is 20.8 Å². The third-order valence-electron chi connectivity index (χ3n) is 4.33. The van der Waals surface area contributed by atoms with Gasteiger partial charge in [-0.3, -0.25) is 14.4 Å². The second-order valence-electron chi connectivity index (χ2n) is 7.12. The number of ether oxygens (including phenoxy) is 2. The Labute approximate surface area is 203 Å². The number of carbonyl (C=O) groups is 3. The van der Waals surface area contributed by atoms with Crippen molar-refractivity contribution in [2.75, 3.05) is 25.1 Å². The third kappa shape index (κ3) is 7.93. The van der Waals surface area contributed by atoms with Crippen LogP contribution in [0.4, 0.5) is 5.69 Å². The highest BCUT2D eigenvalue weighted by Gasteiger charge is 2.15. The molecular formula is C24H27ClN4O5. The van der Waals surface area contributed by atoms with E-state index in [0.717, 1.165) is 11.1 Å². The summed E-state index contributed by atoms with van der Waals surface area (Å²) in [7, 11) is 0. The van der Waals surface area contributed by atoms with E-state index in [9.17, 15) is 14.4 Å². The van der Waals surface area contributed by atoms with Crippen LogP contribution in [0.2, 0.25) is 5.02 Å². The number of amides is 3. The fourth-order valence-electron chi connectivity index (χ4n) is 2.80. The molecule has 0 spiro atoms. The van der Waals surface area contributed by atoms with Crippen LogP contribution in [0.25, 0.3) is 0 Å². The van der Waals surface area contributed by atoms with E-state index in [-0.39, 0.29) is 29.8 Å². The van der Waals surface area contributed by atoms with Crippen LogP contribution in [0.1, 0.15) is 23.6 Å². The molecule has 0 saturated carbocycles. The summed E-state index contributed by atoms with van der Waals surface area (Å²) in [6.07, 6.45) is 2.74. The van der Waals surface area contributed by atoms with Gasteiger partial charge in [-0.05, 0) is 50.1 Å². The Balaban J connectivity index is 2.06. The molecular weight excluding hydrogens is 460 g/mol. The predicted molar refractivity (Wildman–Crippen MR) is 132 cm³/mol. The molecule has 0 bridgehead atoms. The largest absolute Gasteiger partial charge is 0.490 e. The highest BCUT2D eigenvalue weighted by Crippen LogP contribution is 2.36. The third-order valence-corrected chi connectivity index (χ3v) is 4.61. The molecule has 0 aromatic heterocycles. The lowest BCUT2D eigenvalue weighted by Crippen LogP contribution is -2.37. The number of anilines is 1. The Morgan fingerprint density at radius 2 is 1.88 bits per heavy atom. The van der Waals surface area contributed by atoms with E-state index in [0.29, 0.717) is 23.6 Å². The van der Waals surface area contributed by atoms with E-state index in [1.165, 1.54) is 18.4 Å². The lowest BCUT2D eigenvalue weighted by Gasteiger charge is -2.15. The molecule has 0 fully saturated rings. The Kier molecular flexibility index (Phi) is 10.1. The van der Waals surface area contributed by atoms with Crippen LogP contribution in [0.5, 0.6) is 11.5 Å². The zero-order valence-corrected chi connectivity index (χ0v) is 20.0. The first-order chi connectivity index (χ1) is 16.2. The van der Waals surface area contributed by atoms with Crippen LogP contribution in [0, 0.1) is 13.8 Å². The number of rotatable bonds is 10. The number of carbonyl (C=O) groups excluding carboxylic acids is 3. The second-order valence-corrected chi connectivity index (χ2v) is 7.52. The fraction of sp³-hybridized carbons (Fsp3) is 0.250. The number of hydrogen-bond donors (Lipinski definition) is 3. The van der Waals surface area contributed by atoms with E-state index in [2.05, 4.69) is 27.7 Å². The van der Waals surface area contributed by atoms with Crippen LogP contribution in [0.3, 0.4) is 0 Å². The molecule has 9 nitrogen and oxygen atoms in total. The maximum absolute atomic E-state index is 12.4.